The first-order chi connectivity index (χ1) is 7.63. The first kappa shape index (κ1) is 11.1. The van der Waals surface area contributed by atoms with Crippen LogP contribution in [0, 0.1) is 0 Å². The number of aromatic nitrogens is 1. The van der Waals surface area contributed by atoms with Gasteiger partial charge in [0.2, 0.25) is 0 Å². The lowest BCUT2D eigenvalue weighted by Crippen LogP contribution is -2.06. The van der Waals surface area contributed by atoms with E-state index in [1.807, 2.05) is 19.1 Å². The number of benzene rings is 1. The summed E-state index contributed by atoms with van der Waals surface area (Å²) in [6.45, 7) is 1.98. The van der Waals surface area contributed by atoms with Crippen LogP contribution in [0.25, 0.3) is 10.2 Å². The fourth-order valence-corrected chi connectivity index (χ4v) is 2.60. The number of rotatable bonds is 3. The van der Waals surface area contributed by atoms with E-state index in [1.165, 1.54) is 11.3 Å². The van der Waals surface area contributed by atoms with Crippen molar-refractivity contribution in [2.75, 3.05) is 0 Å². The number of nitrogens with zero attached hydrogens (tertiary/aromatic N) is 1. The molecule has 0 fully saturated rings. The van der Waals surface area contributed by atoms with Gasteiger partial charge in [0.15, 0.2) is 5.78 Å². The molecule has 0 aliphatic carbocycles. The molecule has 16 heavy (non-hydrogen) atoms. The summed E-state index contributed by atoms with van der Waals surface area (Å²) < 4.78 is 2.49. The van der Waals surface area contributed by atoms with Gasteiger partial charge in [0, 0.05) is 19.0 Å². The Balaban J connectivity index is 2.52. The van der Waals surface area contributed by atoms with Crippen LogP contribution in [-0.4, -0.2) is 10.4 Å². The van der Waals surface area contributed by atoms with Gasteiger partial charge in [-0.25, -0.2) is 0 Å². The summed E-state index contributed by atoms with van der Waals surface area (Å²) in [5.41, 5.74) is 1.60. The average Bonchev–Trinajstić information content (AvgIpc) is 2.55. The zero-order valence-electron chi connectivity index (χ0n) is 9.32. The Bertz CT molecular complexity index is 595. The van der Waals surface area contributed by atoms with Crippen molar-refractivity contribution >= 4 is 27.3 Å². The van der Waals surface area contributed by atoms with Gasteiger partial charge in [-0.3, -0.25) is 9.59 Å². The molecule has 0 aliphatic rings. The van der Waals surface area contributed by atoms with Crippen LogP contribution in [0.2, 0.25) is 0 Å². The molecule has 0 atom stereocenters. The minimum Gasteiger partial charge on any atom is -0.302 e. The molecule has 0 unspecified atom stereocenters. The van der Waals surface area contributed by atoms with E-state index in [0.717, 1.165) is 16.6 Å². The van der Waals surface area contributed by atoms with E-state index in [4.69, 9.17) is 0 Å². The molecule has 84 valence electrons. The lowest BCUT2D eigenvalue weighted by atomic mass is 10.1. The van der Waals surface area contributed by atoms with Crippen LogP contribution in [0.1, 0.15) is 30.1 Å². The van der Waals surface area contributed by atoms with Gasteiger partial charge in [0.1, 0.15) is 0 Å². The third-order valence-corrected chi connectivity index (χ3v) is 3.59. The van der Waals surface area contributed by atoms with Gasteiger partial charge < -0.3 is 4.57 Å². The van der Waals surface area contributed by atoms with Crippen molar-refractivity contribution in [3.05, 3.63) is 33.4 Å². The summed E-state index contributed by atoms with van der Waals surface area (Å²) >= 11 is 1.18. The van der Waals surface area contributed by atoms with Crippen molar-refractivity contribution in [2.24, 2.45) is 7.05 Å². The highest BCUT2D eigenvalue weighted by Gasteiger charge is 2.08. The van der Waals surface area contributed by atoms with Gasteiger partial charge in [-0.2, -0.15) is 0 Å². The Kier molecular flexibility index (Phi) is 2.92. The van der Waals surface area contributed by atoms with Crippen molar-refractivity contribution in [2.45, 2.75) is 19.8 Å². The van der Waals surface area contributed by atoms with Crippen LogP contribution < -0.4 is 4.87 Å². The predicted octanol–water partition coefficient (Wildman–Crippen LogP) is 2.58. The minimum absolute atomic E-state index is 0.00934. The van der Waals surface area contributed by atoms with Crippen LogP contribution in [0.3, 0.4) is 0 Å². The fourth-order valence-electron chi connectivity index (χ4n) is 1.68. The maximum Gasteiger partial charge on any atom is 0.307 e. The number of aryl methyl sites for hydroxylation is 1. The summed E-state index contributed by atoms with van der Waals surface area (Å²) in [6.07, 6.45) is 1.41. The van der Waals surface area contributed by atoms with Crippen molar-refractivity contribution < 1.29 is 4.79 Å². The lowest BCUT2D eigenvalue weighted by Gasteiger charge is -1.99. The van der Waals surface area contributed by atoms with E-state index in [-0.39, 0.29) is 10.7 Å². The molecule has 2 rings (SSSR count). The lowest BCUT2D eigenvalue weighted by molar-refractivity contribution is 0.0982. The first-order valence-corrected chi connectivity index (χ1v) is 6.08. The molecule has 0 saturated carbocycles. The highest BCUT2D eigenvalue weighted by molar-refractivity contribution is 7.16. The topological polar surface area (TPSA) is 39.1 Å². The number of thiazole rings is 1. The SMILES string of the molecule is CCCC(=O)c1ccc2c(c1)sc(=O)n2C. The zero-order valence-corrected chi connectivity index (χ0v) is 10.1. The highest BCUT2D eigenvalue weighted by atomic mass is 32.1. The predicted molar refractivity (Wildman–Crippen MR) is 66.3 cm³/mol. The van der Waals surface area contributed by atoms with E-state index in [0.29, 0.717) is 12.0 Å². The Morgan fingerprint density at radius 2 is 2.19 bits per heavy atom. The number of carbonyl (C=O) groups excluding carboxylic acids is 1. The van der Waals surface area contributed by atoms with Crippen molar-refractivity contribution in [1.29, 1.82) is 0 Å². The maximum atomic E-state index is 11.7. The van der Waals surface area contributed by atoms with Crippen molar-refractivity contribution in [3.63, 3.8) is 0 Å². The second-order valence-electron chi connectivity index (χ2n) is 3.78. The number of hydrogen-bond acceptors (Lipinski definition) is 3. The van der Waals surface area contributed by atoms with E-state index < -0.39 is 0 Å². The van der Waals surface area contributed by atoms with Gasteiger partial charge in [-0.15, -0.1) is 0 Å². The molecule has 0 radical (unpaired) electrons. The van der Waals surface area contributed by atoms with Crippen LogP contribution >= 0.6 is 11.3 Å². The first-order valence-electron chi connectivity index (χ1n) is 5.26. The quantitative estimate of drug-likeness (QED) is 0.767. The monoisotopic (exact) mass is 235 g/mol. The van der Waals surface area contributed by atoms with E-state index in [1.54, 1.807) is 17.7 Å². The summed E-state index contributed by atoms with van der Waals surface area (Å²) in [7, 11) is 1.74. The van der Waals surface area contributed by atoms with Crippen LogP contribution in [-0.2, 0) is 7.05 Å². The Morgan fingerprint density at radius 3 is 2.88 bits per heavy atom. The molecule has 0 spiro atoms. The Morgan fingerprint density at radius 1 is 1.44 bits per heavy atom. The van der Waals surface area contributed by atoms with Gasteiger partial charge >= 0.3 is 4.87 Å². The average molecular weight is 235 g/mol. The number of carbonyl (C=O) groups is 1. The molecular formula is C12H13NO2S. The normalized spacial score (nSPS) is 10.9. The Hall–Kier alpha value is -1.42. The van der Waals surface area contributed by atoms with Crippen LogP contribution in [0.15, 0.2) is 23.0 Å². The third-order valence-electron chi connectivity index (χ3n) is 2.59. The molecular weight excluding hydrogens is 222 g/mol. The minimum atomic E-state index is 0.00934. The molecule has 0 N–H and O–H groups in total. The molecule has 3 nitrogen and oxygen atoms in total. The molecule has 0 bridgehead atoms. The molecule has 4 heteroatoms. The summed E-state index contributed by atoms with van der Waals surface area (Å²) in [6, 6.07) is 5.46. The number of fused-ring (bicyclic) bond motifs is 1. The second-order valence-corrected chi connectivity index (χ2v) is 4.78. The second kappa shape index (κ2) is 4.22. The standard InChI is InChI=1S/C12H13NO2S/c1-3-4-10(14)8-5-6-9-11(7-8)16-12(15)13(9)2/h5-7H,3-4H2,1-2H3. The molecule has 1 aromatic carbocycles. The largest absolute Gasteiger partial charge is 0.307 e. The third kappa shape index (κ3) is 1.80. The maximum absolute atomic E-state index is 11.7. The van der Waals surface area contributed by atoms with Gasteiger partial charge in [0.05, 0.1) is 10.2 Å². The van der Waals surface area contributed by atoms with E-state index in [2.05, 4.69) is 0 Å². The molecule has 1 heterocycles. The van der Waals surface area contributed by atoms with Crippen LogP contribution in [0.5, 0.6) is 0 Å². The van der Waals surface area contributed by atoms with Gasteiger partial charge in [0.25, 0.3) is 0 Å². The van der Waals surface area contributed by atoms with Crippen molar-refractivity contribution in [1.82, 2.24) is 4.57 Å². The molecule has 0 aliphatic heterocycles. The zero-order chi connectivity index (χ0) is 11.7. The van der Waals surface area contributed by atoms with Gasteiger partial charge in [-0.1, -0.05) is 18.3 Å². The number of Topliss-reactive ketones (excluding diaryl/α,β-unsaturated/α-hetero) is 1. The molecule has 0 amide bonds. The smallest absolute Gasteiger partial charge is 0.302 e. The summed E-state index contributed by atoms with van der Waals surface area (Å²) in [5, 5.41) is 0. The van der Waals surface area contributed by atoms with Crippen molar-refractivity contribution in [3.8, 4) is 0 Å². The number of hydrogen-bond donors (Lipinski definition) is 0. The highest BCUT2D eigenvalue weighted by Crippen LogP contribution is 2.19. The van der Waals surface area contributed by atoms with Gasteiger partial charge in [-0.05, 0) is 24.6 Å². The number of ketones is 1. The Labute approximate surface area is 97.3 Å². The molecule has 2 aromatic rings. The fraction of sp³-hybridized carbons (Fsp3) is 0.333. The van der Waals surface area contributed by atoms with Crippen LogP contribution in [0.4, 0.5) is 0 Å². The summed E-state index contributed by atoms with van der Waals surface area (Å²) in [5.74, 6) is 0.146. The van der Waals surface area contributed by atoms with E-state index in [9.17, 15) is 9.59 Å². The molecule has 1 aromatic heterocycles. The molecule has 0 saturated heterocycles. The van der Waals surface area contributed by atoms with E-state index >= 15 is 0 Å². The summed E-state index contributed by atoms with van der Waals surface area (Å²) in [4.78, 5) is 23.2.